The van der Waals surface area contributed by atoms with Gasteiger partial charge in [-0.1, -0.05) is 56.5 Å². The zero-order valence-electron chi connectivity index (χ0n) is 12.8. The van der Waals surface area contributed by atoms with Crippen LogP contribution in [0.2, 0.25) is 0 Å². The SMILES string of the molecule is CCC1CCCCC1NCc1cc(-c2ccccc2)cs1. The number of thiophene rings is 1. The average Bonchev–Trinajstić information content (AvgIpc) is 3.03. The molecule has 2 atom stereocenters. The maximum atomic E-state index is 3.81. The molecule has 1 aliphatic carbocycles. The van der Waals surface area contributed by atoms with Crippen LogP contribution in [-0.4, -0.2) is 6.04 Å². The van der Waals surface area contributed by atoms with Crippen molar-refractivity contribution in [3.8, 4) is 11.1 Å². The number of benzene rings is 1. The van der Waals surface area contributed by atoms with Gasteiger partial charge in [0.15, 0.2) is 0 Å². The minimum Gasteiger partial charge on any atom is -0.309 e. The van der Waals surface area contributed by atoms with Crippen LogP contribution in [0.1, 0.15) is 43.9 Å². The molecular formula is C19H25NS. The van der Waals surface area contributed by atoms with Crippen molar-refractivity contribution in [2.24, 2.45) is 5.92 Å². The van der Waals surface area contributed by atoms with E-state index in [1.165, 1.54) is 48.1 Å². The van der Waals surface area contributed by atoms with Crippen molar-refractivity contribution in [3.63, 3.8) is 0 Å². The van der Waals surface area contributed by atoms with E-state index in [4.69, 9.17) is 0 Å². The molecule has 1 fully saturated rings. The summed E-state index contributed by atoms with van der Waals surface area (Å²) in [4.78, 5) is 1.45. The lowest BCUT2D eigenvalue weighted by atomic mass is 9.83. The molecule has 1 saturated carbocycles. The summed E-state index contributed by atoms with van der Waals surface area (Å²) >= 11 is 1.88. The summed E-state index contributed by atoms with van der Waals surface area (Å²) in [7, 11) is 0. The summed E-state index contributed by atoms with van der Waals surface area (Å²) in [5.41, 5.74) is 2.68. The van der Waals surface area contributed by atoms with Crippen LogP contribution >= 0.6 is 11.3 Å². The molecule has 1 heterocycles. The molecule has 1 aromatic carbocycles. The number of hydrogen-bond acceptors (Lipinski definition) is 2. The third kappa shape index (κ3) is 3.75. The second-order valence-electron chi connectivity index (χ2n) is 6.11. The second-order valence-corrected chi connectivity index (χ2v) is 7.10. The monoisotopic (exact) mass is 299 g/mol. The van der Waals surface area contributed by atoms with Gasteiger partial charge in [0.25, 0.3) is 0 Å². The molecule has 2 heteroatoms. The van der Waals surface area contributed by atoms with Crippen LogP contribution < -0.4 is 5.32 Å². The molecule has 0 radical (unpaired) electrons. The zero-order valence-corrected chi connectivity index (χ0v) is 13.7. The Balaban J connectivity index is 1.60. The molecule has 0 amide bonds. The molecule has 0 aliphatic heterocycles. The van der Waals surface area contributed by atoms with Crippen molar-refractivity contribution in [2.45, 2.75) is 51.6 Å². The van der Waals surface area contributed by atoms with Gasteiger partial charge in [0.05, 0.1) is 0 Å². The van der Waals surface area contributed by atoms with Crippen LogP contribution in [0.3, 0.4) is 0 Å². The van der Waals surface area contributed by atoms with Gasteiger partial charge in [-0.05, 0) is 41.3 Å². The topological polar surface area (TPSA) is 12.0 Å². The Morgan fingerprint density at radius 3 is 2.71 bits per heavy atom. The quantitative estimate of drug-likeness (QED) is 0.771. The maximum absolute atomic E-state index is 3.81. The highest BCUT2D eigenvalue weighted by Gasteiger charge is 2.22. The molecular weight excluding hydrogens is 274 g/mol. The molecule has 1 nitrogen and oxygen atoms in total. The molecule has 0 bridgehead atoms. The minimum absolute atomic E-state index is 0.728. The average molecular weight is 299 g/mol. The Hall–Kier alpha value is -1.12. The minimum atomic E-state index is 0.728. The Morgan fingerprint density at radius 1 is 1.10 bits per heavy atom. The van der Waals surface area contributed by atoms with Gasteiger partial charge < -0.3 is 5.32 Å². The predicted molar refractivity (Wildman–Crippen MR) is 92.6 cm³/mol. The fourth-order valence-corrected chi connectivity index (χ4v) is 4.30. The first-order valence-corrected chi connectivity index (χ1v) is 9.11. The van der Waals surface area contributed by atoms with Gasteiger partial charge >= 0.3 is 0 Å². The summed E-state index contributed by atoms with van der Waals surface area (Å²) in [6, 6.07) is 13.7. The van der Waals surface area contributed by atoms with E-state index in [0.717, 1.165) is 18.5 Å². The van der Waals surface area contributed by atoms with Crippen molar-refractivity contribution in [2.75, 3.05) is 0 Å². The molecule has 21 heavy (non-hydrogen) atoms. The van der Waals surface area contributed by atoms with Gasteiger partial charge in [0.2, 0.25) is 0 Å². The Labute approximate surface area is 132 Å². The molecule has 1 N–H and O–H groups in total. The Kier molecular flexibility index (Phi) is 5.10. The predicted octanol–water partition coefficient (Wildman–Crippen LogP) is 5.47. The number of nitrogens with one attached hydrogen (secondary N) is 1. The maximum Gasteiger partial charge on any atom is 0.0302 e. The van der Waals surface area contributed by atoms with Crippen molar-refractivity contribution >= 4 is 11.3 Å². The highest BCUT2D eigenvalue weighted by atomic mass is 32.1. The van der Waals surface area contributed by atoms with E-state index < -0.39 is 0 Å². The van der Waals surface area contributed by atoms with E-state index in [2.05, 4.69) is 54.0 Å². The molecule has 1 aliphatic rings. The second kappa shape index (κ2) is 7.24. The summed E-state index contributed by atoms with van der Waals surface area (Å²) in [5, 5.41) is 6.10. The largest absolute Gasteiger partial charge is 0.309 e. The Bertz CT molecular complexity index is 546. The molecule has 0 saturated heterocycles. The molecule has 1 aromatic heterocycles. The van der Waals surface area contributed by atoms with Crippen LogP contribution in [0.5, 0.6) is 0 Å². The van der Waals surface area contributed by atoms with Gasteiger partial charge in [0.1, 0.15) is 0 Å². The fourth-order valence-electron chi connectivity index (χ4n) is 3.45. The molecule has 2 unspecified atom stereocenters. The van der Waals surface area contributed by atoms with Crippen LogP contribution in [0.4, 0.5) is 0 Å². The summed E-state index contributed by atoms with van der Waals surface area (Å²) < 4.78 is 0. The zero-order chi connectivity index (χ0) is 14.5. The van der Waals surface area contributed by atoms with E-state index in [0.29, 0.717) is 0 Å². The molecule has 0 spiro atoms. The third-order valence-electron chi connectivity index (χ3n) is 4.73. The van der Waals surface area contributed by atoms with E-state index in [1.807, 2.05) is 11.3 Å². The number of rotatable bonds is 5. The first kappa shape index (κ1) is 14.8. The van der Waals surface area contributed by atoms with E-state index >= 15 is 0 Å². The summed E-state index contributed by atoms with van der Waals surface area (Å²) in [6.07, 6.45) is 6.91. The molecule has 2 aromatic rings. The highest BCUT2D eigenvalue weighted by molar-refractivity contribution is 7.10. The van der Waals surface area contributed by atoms with Gasteiger partial charge in [-0.3, -0.25) is 0 Å². The smallest absolute Gasteiger partial charge is 0.0302 e. The van der Waals surface area contributed by atoms with Crippen LogP contribution in [0.25, 0.3) is 11.1 Å². The Morgan fingerprint density at radius 2 is 1.90 bits per heavy atom. The van der Waals surface area contributed by atoms with Crippen molar-refractivity contribution in [1.82, 2.24) is 5.32 Å². The van der Waals surface area contributed by atoms with Crippen LogP contribution in [-0.2, 0) is 6.54 Å². The summed E-state index contributed by atoms with van der Waals surface area (Å²) in [6.45, 7) is 3.36. The van der Waals surface area contributed by atoms with Crippen molar-refractivity contribution < 1.29 is 0 Å². The van der Waals surface area contributed by atoms with Gasteiger partial charge in [-0.25, -0.2) is 0 Å². The first-order chi connectivity index (χ1) is 10.4. The van der Waals surface area contributed by atoms with E-state index in [-0.39, 0.29) is 0 Å². The summed E-state index contributed by atoms with van der Waals surface area (Å²) in [5.74, 6) is 0.882. The van der Waals surface area contributed by atoms with E-state index in [1.54, 1.807) is 0 Å². The normalized spacial score (nSPS) is 22.3. The third-order valence-corrected chi connectivity index (χ3v) is 5.67. The van der Waals surface area contributed by atoms with Crippen LogP contribution in [0.15, 0.2) is 41.8 Å². The standard InChI is InChI=1S/C19H25NS/c1-2-15-8-6-7-11-19(15)20-13-18-12-17(14-21-18)16-9-4-3-5-10-16/h3-5,9-10,12,14-15,19-20H,2,6-8,11,13H2,1H3. The van der Waals surface area contributed by atoms with Gasteiger partial charge in [-0.2, -0.15) is 0 Å². The highest BCUT2D eigenvalue weighted by Crippen LogP contribution is 2.28. The van der Waals surface area contributed by atoms with Crippen LogP contribution in [0, 0.1) is 5.92 Å². The van der Waals surface area contributed by atoms with Gasteiger partial charge in [0, 0.05) is 17.5 Å². The molecule has 112 valence electrons. The van der Waals surface area contributed by atoms with Crippen molar-refractivity contribution in [3.05, 3.63) is 46.7 Å². The lowest BCUT2D eigenvalue weighted by molar-refractivity contribution is 0.255. The first-order valence-electron chi connectivity index (χ1n) is 8.23. The lowest BCUT2D eigenvalue weighted by Crippen LogP contribution is -2.37. The lowest BCUT2D eigenvalue weighted by Gasteiger charge is -2.31. The number of hydrogen-bond donors (Lipinski definition) is 1. The van der Waals surface area contributed by atoms with Crippen molar-refractivity contribution in [1.29, 1.82) is 0 Å². The molecule has 3 rings (SSSR count). The van der Waals surface area contributed by atoms with E-state index in [9.17, 15) is 0 Å². The van der Waals surface area contributed by atoms with Gasteiger partial charge in [-0.15, -0.1) is 11.3 Å². The fraction of sp³-hybridized carbons (Fsp3) is 0.474.